The molecule has 4 rings (SSSR count). The van der Waals surface area contributed by atoms with Crippen LogP contribution in [-0.2, 0) is 11.3 Å². The highest BCUT2D eigenvalue weighted by Crippen LogP contribution is 2.47. The molecule has 0 aliphatic carbocycles. The molecule has 0 saturated carbocycles. The summed E-state index contributed by atoms with van der Waals surface area (Å²) in [6.07, 6.45) is 2.06. The predicted molar refractivity (Wildman–Crippen MR) is 114 cm³/mol. The first-order valence-corrected chi connectivity index (χ1v) is 9.83. The third-order valence-corrected chi connectivity index (χ3v) is 5.65. The van der Waals surface area contributed by atoms with Crippen molar-refractivity contribution >= 4 is 23.3 Å². The van der Waals surface area contributed by atoms with Gasteiger partial charge in [-0.3, -0.25) is 4.79 Å². The molecular weight excluding hydrogens is 406 g/mol. The Kier molecular flexibility index (Phi) is 5.55. The fraction of sp³-hybridized carbons (Fsp3) is 0.273. The summed E-state index contributed by atoms with van der Waals surface area (Å²) in [6.45, 7) is 0.449. The van der Waals surface area contributed by atoms with Gasteiger partial charge in [-0.25, -0.2) is 4.68 Å². The Morgan fingerprint density at radius 1 is 1.07 bits per heavy atom. The molecule has 1 aromatic heterocycles. The maximum atomic E-state index is 12.6. The lowest BCUT2D eigenvalue weighted by Crippen LogP contribution is -2.25. The van der Waals surface area contributed by atoms with Gasteiger partial charge in [0.15, 0.2) is 11.5 Å². The normalized spacial score (nSPS) is 15.3. The van der Waals surface area contributed by atoms with Crippen molar-refractivity contribution in [3.05, 3.63) is 64.3 Å². The standard InChI is InChI=1S/C22H22ClN3O4/c1-28-18-9-8-14(20(29-2)21(18)30-3)15-10-19(27)25-22-16(15)11-24-26(22)12-13-6-4-5-7-17(13)23/h4-9,11,15H,10,12H2,1-3H3,(H,25,27)/t15-/m1/s1. The molecule has 7 nitrogen and oxygen atoms in total. The van der Waals surface area contributed by atoms with Crippen molar-refractivity contribution in [3.8, 4) is 17.2 Å². The molecule has 2 heterocycles. The molecule has 1 aliphatic rings. The van der Waals surface area contributed by atoms with E-state index in [4.69, 9.17) is 25.8 Å². The van der Waals surface area contributed by atoms with Crippen molar-refractivity contribution in [1.29, 1.82) is 0 Å². The predicted octanol–water partition coefficient (Wildman–Crippen LogP) is 4.08. The number of amides is 1. The van der Waals surface area contributed by atoms with Crippen molar-refractivity contribution in [3.63, 3.8) is 0 Å². The van der Waals surface area contributed by atoms with Crippen molar-refractivity contribution in [2.75, 3.05) is 26.6 Å². The Labute approximate surface area is 179 Å². The summed E-state index contributed by atoms with van der Waals surface area (Å²) in [5.74, 6) is 1.93. The van der Waals surface area contributed by atoms with Crippen LogP contribution < -0.4 is 19.5 Å². The number of hydrogen-bond acceptors (Lipinski definition) is 5. The van der Waals surface area contributed by atoms with Crippen molar-refractivity contribution in [1.82, 2.24) is 9.78 Å². The van der Waals surface area contributed by atoms with E-state index in [2.05, 4.69) is 10.4 Å². The summed E-state index contributed by atoms with van der Waals surface area (Å²) in [5, 5.41) is 8.14. The first-order chi connectivity index (χ1) is 14.6. The smallest absolute Gasteiger partial charge is 0.226 e. The van der Waals surface area contributed by atoms with Crippen LogP contribution in [0.2, 0.25) is 5.02 Å². The van der Waals surface area contributed by atoms with Crippen LogP contribution in [0, 0.1) is 0 Å². The van der Waals surface area contributed by atoms with Gasteiger partial charge in [0.1, 0.15) is 5.82 Å². The molecule has 1 atom stereocenters. The zero-order valence-corrected chi connectivity index (χ0v) is 17.7. The lowest BCUT2D eigenvalue weighted by Gasteiger charge is -2.26. The van der Waals surface area contributed by atoms with Gasteiger partial charge in [-0.1, -0.05) is 35.9 Å². The van der Waals surface area contributed by atoms with Gasteiger partial charge >= 0.3 is 0 Å². The number of nitrogens with one attached hydrogen (secondary N) is 1. The molecule has 1 amide bonds. The van der Waals surface area contributed by atoms with Gasteiger partial charge in [-0.05, 0) is 17.7 Å². The third-order valence-electron chi connectivity index (χ3n) is 5.28. The maximum Gasteiger partial charge on any atom is 0.226 e. The van der Waals surface area contributed by atoms with E-state index in [1.54, 1.807) is 32.2 Å². The van der Waals surface area contributed by atoms with Crippen LogP contribution in [0.4, 0.5) is 5.82 Å². The van der Waals surface area contributed by atoms with Gasteiger partial charge in [0.05, 0.1) is 34.1 Å². The second-order valence-electron chi connectivity index (χ2n) is 6.93. The van der Waals surface area contributed by atoms with E-state index in [9.17, 15) is 4.79 Å². The molecule has 156 valence electrons. The van der Waals surface area contributed by atoms with Crippen LogP contribution in [0.1, 0.15) is 29.0 Å². The number of benzene rings is 2. The maximum absolute atomic E-state index is 12.6. The van der Waals surface area contributed by atoms with Gasteiger partial charge in [0.25, 0.3) is 0 Å². The Hall–Kier alpha value is -3.19. The number of methoxy groups -OCH3 is 3. The number of rotatable bonds is 6. The van der Waals surface area contributed by atoms with E-state index in [0.717, 1.165) is 16.7 Å². The molecule has 0 saturated heterocycles. The molecule has 8 heteroatoms. The van der Waals surface area contributed by atoms with Crippen molar-refractivity contribution in [2.45, 2.75) is 18.9 Å². The van der Waals surface area contributed by atoms with E-state index in [1.807, 2.05) is 36.4 Å². The first kappa shape index (κ1) is 20.1. The number of halogens is 1. The number of ether oxygens (including phenoxy) is 3. The van der Waals surface area contributed by atoms with Gasteiger partial charge in [0.2, 0.25) is 11.7 Å². The van der Waals surface area contributed by atoms with Crippen LogP contribution in [0.25, 0.3) is 0 Å². The molecule has 0 unspecified atom stereocenters. The summed E-state index contributed by atoms with van der Waals surface area (Å²) < 4.78 is 18.3. The summed E-state index contributed by atoms with van der Waals surface area (Å²) >= 11 is 6.31. The van der Waals surface area contributed by atoms with Crippen LogP contribution in [0.5, 0.6) is 17.2 Å². The summed E-state index contributed by atoms with van der Waals surface area (Å²) in [6, 6.07) is 11.3. The number of fused-ring (bicyclic) bond motifs is 1. The number of carbonyl (C=O) groups is 1. The highest BCUT2D eigenvalue weighted by molar-refractivity contribution is 6.31. The number of anilines is 1. The molecule has 2 aromatic carbocycles. The molecule has 30 heavy (non-hydrogen) atoms. The highest BCUT2D eigenvalue weighted by atomic mass is 35.5. The highest BCUT2D eigenvalue weighted by Gasteiger charge is 2.33. The van der Waals surface area contributed by atoms with Crippen LogP contribution in [-0.4, -0.2) is 37.0 Å². The molecule has 1 aliphatic heterocycles. The number of aromatic nitrogens is 2. The van der Waals surface area contributed by atoms with E-state index in [-0.39, 0.29) is 18.2 Å². The minimum absolute atomic E-state index is 0.0924. The van der Waals surface area contributed by atoms with Crippen LogP contribution >= 0.6 is 11.6 Å². The first-order valence-electron chi connectivity index (χ1n) is 9.45. The molecule has 0 fully saturated rings. The summed E-state index contributed by atoms with van der Waals surface area (Å²) in [7, 11) is 4.71. The largest absolute Gasteiger partial charge is 0.493 e. The van der Waals surface area contributed by atoms with Crippen LogP contribution in [0.3, 0.4) is 0 Å². The Morgan fingerprint density at radius 3 is 2.53 bits per heavy atom. The zero-order valence-electron chi connectivity index (χ0n) is 16.9. The number of hydrogen-bond donors (Lipinski definition) is 1. The molecule has 3 aromatic rings. The van der Waals surface area contributed by atoms with Gasteiger partial charge in [-0.15, -0.1) is 0 Å². The Bertz CT molecular complexity index is 1100. The van der Waals surface area contributed by atoms with E-state index < -0.39 is 0 Å². The summed E-state index contributed by atoms with van der Waals surface area (Å²) in [5.41, 5.74) is 2.67. The van der Waals surface area contributed by atoms with E-state index >= 15 is 0 Å². The Balaban J connectivity index is 1.78. The van der Waals surface area contributed by atoms with Gasteiger partial charge < -0.3 is 19.5 Å². The second kappa shape index (κ2) is 8.28. The Morgan fingerprint density at radius 2 is 1.83 bits per heavy atom. The van der Waals surface area contributed by atoms with E-state index in [0.29, 0.717) is 34.6 Å². The van der Waals surface area contributed by atoms with Crippen LogP contribution in [0.15, 0.2) is 42.6 Å². The monoisotopic (exact) mass is 427 g/mol. The topological polar surface area (TPSA) is 74.6 Å². The minimum atomic E-state index is -0.233. The minimum Gasteiger partial charge on any atom is -0.493 e. The second-order valence-corrected chi connectivity index (χ2v) is 7.33. The lowest BCUT2D eigenvalue weighted by molar-refractivity contribution is -0.116. The molecular formula is C22H22ClN3O4. The zero-order chi connectivity index (χ0) is 21.3. The number of nitrogens with zero attached hydrogens (tertiary/aromatic N) is 2. The molecule has 0 radical (unpaired) electrons. The lowest BCUT2D eigenvalue weighted by atomic mass is 9.86. The third kappa shape index (κ3) is 3.45. The quantitative estimate of drug-likeness (QED) is 0.641. The molecule has 0 spiro atoms. The number of carbonyl (C=O) groups excluding carboxylic acids is 1. The van der Waals surface area contributed by atoms with Gasteiger partial charge in [0, 0.05) is 28.5 Å². The van der Waals surface area contributed by atoms with Crippen molar-refractivity contribution in [2.24, 2.45) is 0 Å². The van der Waals surface area contributed by atoms with E-state index in [1.165, 1.54) is 0 Å². The fourth-order valence-electron chi connectivity index (χ4n) is 3.85. The summed E-state index contributed by atoms with van der Waals surface area (Å²) in [4.78, 5) is 12.6. The van der Waals surface area contributed by atoms with Gasteiger partial charge in [-0.2, -0.15) is 5.10 Å². The van der Waals surface area contributed by atoms with Crippen molar-refractivity contribution < 1.29 is 19.0 Å². The average Bonchev–Trinajstić information content (AvgIpc) is 3.16. The average molecular weight is 428 g/mol. The molecule has 0 bridgehead atoms. The molecule has 1 N–H and O–H groups in total. The SMILES string of the molecule is COc1ccc([C@H]2CC(=O)Nc3c2cnn3Cc2ccccc2Cl)c(OC)c1OC. The fourth-order valence-corrected chi connectivity index (χ4v) is 4.05.